The average Bonchev–Trinajstić information content (AvgIpc) is 2.81. The van der Waals surface area contributed by atoms with E-state index in [9.17, 15) is 4.79 Å². The molecule has 0 amide bonds. The third-order valence-electron chi connectivity index (χ3n) is 2.94. The highest BCUT2D eigenvalue weighted by atomic mass is 32.1. The van der Waals surface area contributed by atoms with Gasteiger partial charge in [-0.15, -0.1) is 0 Å². The summed E-state index contributed by atoms with van der Waals surface area (Å²) in [7, 11) is 1.34. The van der Waals surface area contributed by atoms with Crippen LogP contribution in [0.2, 0.25) is 0 Å². The summed E-state index contributed by atoms with van der Waals surface area (Å²) < 4.78 is 4.57. The summed E-state index contributed by atoms with van der Waals surface area (Å²) in [6.45, 7) is 0.0535. The summed E-state index contributed by atoms with van der Waals surface area (Å²) in [6, 6.07) is 1.97. The quantitative estimate of drug-likeness (QED) is 0.619. The number of hydrogen-bond acceptors (Lipinski definition) is 5. The van der Waals surface area contributed by atoms with Gasteiger partial charge in [-0.1, -0.05) is 12.2 Å². The van der Waals surface area contributed by atoms with E-state index < -0.39 is 0 Å². The molecule has 0 aliphatic heterocycles. The van der Waals surface area contributed by atoms with Crippen molar-refractivity contribution >= 4 is 29.0 Å². The van der Waals surface area contributed by atoms with Crippen molar-refractivity contribution in [3.05, 3.63) is 22.9 Å². The molecule has 3 N–H and O–H groups in total. The van der Waals surface area contributed by atoms with E-state index in [1.807, 2.05) is 6.07 Å². The minimum absolute atomic E-state index is 0.0535. The Bertz CT molecular complexity index is 502. The highest BCUT2D eigenvalue weighted by molar-refractivity contribution is 7.80. The van der Waals surface area contributed by atoms with Gasteiger partial charge in [0, 0.05) is 5.69 Å². The van der Waals surface area contributed by atoms with Crippen LogP contribution < -0.4 is 11.1 Å². The van der Waals surface area contributed by atoms with Crippen molar-refractivity contribution in [3.63, 3.8) is 0 Å². The van der Waals surface area contributed by atoms with Crippen LogP contribution in [0, 0.1) is 0 Å². The fourth-order valence-electron chi connectivity index (χ4n) is 2.02. The van der Waals surface area contributed by atoms with E-state index in [4.69, 9.17) is 18.0 Å². The molecule has 18 heavy (non-hydrogen) atoms. The maximum Gasteiger partial charge on any atom is 0.325 e. The highest BCUT2D eigenvalue weighted by Crippen LogP contribution is 2.25. The number of rotatable bonds is 4. The van der Waals surface area contributed by atoms with Gasteiger partial charge in [-0.2, -0.15) is 0 Å². The molecule has 1 aromatic heterocycles. The summed E-state index contributed by atoms with van der Waals surface area (Å²) in [5.74, 6) is 0.208. The zero-order valence-electron chi connectivity index (χ0n) is 10.2. The second-order valence-corrected chi connectivity index (χ2v) is 4.58. The van der Waals surface area contributed by atoms with Crippen molar-refractivity contribution < 1.29 is 9.53 Å². The van der Waals surface area contributed by atoms with Gasteiger partial charge in [0.2, 0.25) is 0 Å². The van der Waals surface area contributed by atoms with E-state index in [2.05, 4.69) is 15.0 Å². The molecule has 0 aromatic carbocycles. The Kier molecular flexibility index (Phi) is 3.76. The first-order valence-corrected chi connectivity index (χ1v) is 6.16. The smallest absolute Gasteiger partial charge is 0.325 e. The van der Waals surface area contributed by atoms with Gasteiger partial charge in [0.15, 0.2) is 0 Å². The van der Waals surface area contributed by atoms with Crippen LogP contribution in [0.3, 0.4) is 0 Å². The molecule has 5 nitrogen and oxygen atoms in total. The van der Waals surface area contributed by atoms with Gasteiger partial charge in [0.05, 0.1) is 12.7 Å². The lowest BCUT2D eigenvalue weighted by atomic mass is 10.1. The Morgan fingerprint density at radius 3 is 3.06 bits per heavy atom. The number of hydrogen-bond donors (Lipinski definition) is 2. The van der Waals surface area contributed by atoms with Crippen LogP contribution in [0.1, 0.15) is 23.2 Å². The van der Waals surface area contributed by atoms with E-state index >= 15 is 0 Å². The molecule has 0 atom stereocenters. The number of carbonyl (C=O) groups is 1. The molecule has 1 aliphatic rings. The van der Waals surface area contributed by atoms with Gasteiger partial charge in [-0.3, -0.25) is 4.79 Å². The van der Waals surface area contributed by atoms with Crippen molar-refractivity contribution in [2.45, 2.75) is 19.3 Å². The number of methoxy groups -OCH3 is 1. The Morgan fingerprint density at radius 2 is 2.39 bits per heavy atom. The first kappa shape index (κ1) is 12.8. The molecule has 0 saturated heterocycles. The first-order chi connectivity index (χ1) is 8.61. The molecule has 0 fully saturated rings. The summed E-state index contributed by atoms with van der Waals surface area (Å²) in [6.07, 6.45) is 3.06. The summed E-state index contributed by atoms with van der Waals surface area (Å²) in [4.78, 5) is 15.9. The average molecular weight is 265 g/mol. The van der Waals surface area contributed by atoms with Crippen LogP contribution in [0.15, 0.2) is 6.07 Å². The fourth-order valence-corrected chi connectivity index (χ4v) is 2.18. The number of pyridine rings is 1. The Labute approximate surface area is 111 Å². The van der Waals surface area contributed by atoms with Gasteiger partial charge < -0.3 is 15.8 Å². The Hall–Kier alpha value is -1.69. The molecule has 1 heterocycles. The molecule has 96 valence electrons. The second-order valence-electron chi connectivity index (χ2n) is 4.14. The number of aryl methyl sites for hydroxylation is 2. The van der Waals surface area contributed by atoms with Crippen LogP contribution in [0.25, 0.3) is 0 Å². The number of nitrogens with zero attached hydrogens (tertiary/aromatic N) is 1. The molecule has 1 aromatic rings. The number of ether oxygens (including phenoxy) is 1. The molecular formula is C12H15N3O2S. The van der Waals surface area contributed by atoms with E-state index in [0.717, 1.165) is 25.0 Å². The number of anilines is 1. The number of aromatic nitrogens is 1. The number of carbonyl (C=O) groups excluding carboxylic acids is 1. The third kappa shape index (κ3) is 2.59. The normalized spacial score (nSPS) is 12.9. The number of nitrogens with one attached hydrogen (secondary N) is 1. The van der Waals surface area contributed by atoms with Gasteiger partial charge in [0.1, 0.15) is 17.4 Å². The lowest BCUT2D eigenvalue weighted by Gasteiger charge is -2.11. The van der Waals surface area contributed by atoms with E-state index in [0.29, 0.717) is 11.4 Å². The summed E-state index contributed by atoms with van der Waals surface area (Å²) in [5.41, 5.74) is 8.63. The fraction of sp³-hybridized carbons (Fsp3) is 0.417. The van der Waals surface area contributed by atoms with Crippen LogP contribution in [-0.4, -0.2) is 29.6 Å². The monoisotopic (exact) mass is 265 g/mol. The molecule has 0 spiro atoms. The minimum Gasteiger partial charge on any atom is -0.468 e. The maximum atomic E-state index is 11.1. The van der Waals surface area contributed by atoms with Gasteiger partial charge in [-0.25, -0.2) is 4.98 Å². The molecule has 0 bridgehead atoms. The summed E-state index contributed by atoms with van der Waals surface area (Å²) in [5, 5.41) is 2.92. The lowest BCUT2D eigenvalue weighted by Crippen LogP contribution is -2.20. The molecule has 0 unspecified atom stereocenters. The van der Waals surface area contributed by atoms with Gasteiger partial charge in [0.25, 0.3) is 0 Å². The molecule has 0 saturated carbocycles. The van der Waals surface area contributed by atoms with E-state index in [1.54, 1.807) is 0 Å². The largest absolute Gasteiger partial charge is 0.468 e. The molecule has 1 aliphatic carbocycles. The van der Waals surface area contributed by atoms with Crippen molar-refractivity contribution in [1.82, 2.24) is 4.98 Å². The SMILES string of the molecule is COC(=O)CNc1nc2c(cc1C(N)=S)CCC2. The second kappa shape index (κ2) is 5.30. The van der Waals surface area contributed by atoms with Crippen LogP contribution in [-0.2, 0) is 22.4 Å². The van der Waals surface area contributed by atoms with Gasteiger partial charge >= 0.3 is 5.97 Å². The predicted octanol–water partition coefficient (Wildman–Crippen LogP) is 0.789. The number of esters is 1. The van der Waals surface area contributed by atoms with Crippen molar-refractivity contribution in [1.29, 1.82) is 0 Å². The van der Waals surface area contributed by atoms with E-state index in [1.165, 1.54) is 12.7 Å². The zero-order chi connectivity index (χ0) is 13.1. The van der Waals surface area contributed by atoms with Crippen molar-refractivity contribution in [2.75, 3.05) is 19.0 Å². The zero-order valence-corrected chi connectivity index (χ0v) is 11.0. The highest BCUT2D eigenvalue weighted by Gasteiger charge is 2.17. The van der Waals surface area contributed by atoms with Crippen LogP contribution in [0.5, 0.6) is 0 Å². The number of fused-ring (bicyclic) bond motifs is 1. The standard InChI is InChI=1S/C12H15N3O2S/c1-17-10(16)6-14-12-8(11(13)18)5-7-3-2-4-9(7)15-12/h5H,2-4,6H2,1H3,(H2,13,18)(H,14,15). The molecule has 2 rings (SSSR count). The van der Waals surface area contributed by atoms with Crippen molar-refractivity contribution in [2.24, 2.45) is 5.73 Å². The summed E-state index contributed by atoms with van der Waals surface area (Å²) >= 11 is 5.01. The molecule has 0 radical (unpaired) electrons. The number of thiocarbonyl (C=S) groups is 1. The minimum atomic E-state index is -0.355. The topological polar surface area (TPSA) is 77.2 Å². The Balaban J connectivity index is 2.27. The Morgan fingerprint density at radius 1 is 1.61 bits per heavy atom. The predicted molar refractivity (Wildman–Crippen MR) is 72.7 cm³/mol. The van der Waals surface area contributed by atoms with Gasteiger partial charge in [-0.05, 0) is 30.9 Å². The van der Waals surface area contributed by atoms with Crippen LogP contribution in [0.4, 0.5) is 5.82 Å². The van der Waals surface area contributed by atoms with E-state index in [-0.39, 0.29) is 17.5 Å². The van der Waals surface area contributed by atoms with Crippen molar-refractivity contribution in [3.8, 4) is 0 Å². The molecule has 6 heteroatoms. The lowest BCUT2D eigenvalue weighted by molar-refractivity contribution is -0.138. The van der Waals surface area contributed by atoms with Crippen LogP contribution >= 0.6 is 12.2 Å². The first-order valence-electron chi connectivity index (χ1n) is 5.75. The number of nitrogens with two attached hydrogens (primary N) is 1. The third-order valence-corrected chi connectivity index (χ3v) is 3.16. The maximum absolute atomic E-state index is 11.1. The molecular weight excluding hydrogens is 250 g/mol.